The van der Waals surface area contributed by atoms with E-state index in [2.05, 4.69) is 10.3 Å². The third-order valence-electron chi connectivity index (χ3n) is 4.50. The van der Waals surface area contributed by atoms with Crippen LogP contribution in [-0.2, 0) is 11.0 Å². The van der Waals surface area contributed by atoms with Crippen LogP contribution >= 0.6 is 11.6 Å². The highest BCUT2D eigenvalue weighted by atomic mass is 35.5. The summed E-state index contributed by atoms with van der Waals surface area (Å²) in [5.74, 6) is 4.61. The third kappa shape index (κ3) is 5.49. The maximum atomic E-state index is 13.0. The lowest BCUT2D eigenvalue weighted by Gasteiger charge is -2.36. The van der Waals surface area contributed by atoms with Crippen molar-refractivity contribution in [2.24, 2.45) is 16.7 Å². The fourth-order valence-electron chi connectivity index (χ4n) is 3.01. The Morgan fingerprint density at radius 1 is 1.26 bits per heavy atom. The first-order valence-corrected chi connectivity index (χ1v) is 9.34. The van der Waals surface area contributed by atoms with E-state index in [1.165, 1.54) is 12.1 Å². The largest absolute Gasteiger partial charge is 0.480 e. The quantitative estimate of drug-likeness (QED) is 0.253. The van der Waals surface area contributed by atoms with E-state index in [1.54, 1.807) is 4.90 Å². The van der Waals surface area contributed by atoms with Crippen molar-refractivity contribution < 1.29 is 27.6 Å². The summed E-state index contributed by atoms with van der Waals surface area (Å²) >= 11 is 6.12. The Balaban J connectivity index is 1.66. The lowest BCUT2D eigenvalue weighted by atomic mass is 10.1. The maximum Gasteiger partial charge on any atom is 0.416 e. The van der Waals surface area contributed by atoms with Gasteiger partial charge in [0.05, 0.1) is 16.3 Å². The number of aliphatic carboxylic acids is 1. The molecular formula is C17H19ClF3N7O3. The molecule has 0 aliphatic carbocycles. The van der Waals surface area contributed by atoms with Gasteiger partial charge in [0.25, 0.3) is 0 Å². The second kappa shape index (κ2) is 8.89. The van der Waals surface area contributed by atoms with Crippen LogP contribution in [0, 0.1) is 0 Å². The molecule has 10 nitrogen and oxygen atoms in total. The molecule has 0 radical (unpaired) electrons. The number of hydrazone groups is 1. The van der Waals surface area contributed by atoms with Gasteiger partial charge in [0.1, 0.15) is 0 Å². The predicted octanol–water partition coefficient (Wildman–Crippen LogP) is 1.55. The van der Waals surface area contributed by atoms with Crippen molar-refractivity contribution in [2.75, 3.05) is 42.5 Å². The Morgan fingerprint density at radius 2 is 1.90 bits per heavy atom. The number of carboxylic acids is 1. The number of benzene rings is 1. The monoisotopic (exact) mass is 461 g/mol. The molecule has 1 aromatic heterocycles. The van der Waals surface area contributed by atoms with Gasteiger partial charge in [0.15, 0.2) is 18.2 Å². The summed E-state index contributed by atoms with van der Waals surface area (Å²) in [5.41, 5.74) is 5.30. The number of hydrogen-bond acceptors (Lipinski definition) is 8. The molecule has 0 amide bonds. The molecule has 0 saturated carbocycles. The average molecular weight is 462 g/mol. The summed E-state index contributed by atoms with van der Waals surface area (Å²) in [6.45, 7) is 1.14. The standard InChI is InChI=1S/C17H19ClF3N7O3/c18-11-2-1-10(17(19,20)21)7-12(11)26-3-5-27(6-4-26)14-8-13(31-25-14)16(22)24-28(23)9-15(29)30/h1-2,7-8H,3-6,9,23H2,(H2,22,24)(H,29,30). The first-order valence-electron chi connectivity index (χ1n) is 8.96. The molecule has 5 N–H and O–H groups in total. The first kappa shape index (κ1) is 22.5. The van der Waals surface area contributed by atoms with Gasteiger partial charge in [-0.15, -0.1) is 5.10 Å². The van der Waals surface area contributed by atoms with Crippen LogP contribution in [-0.4, -0.2) is 59.9 Å². The number of aromatic nitrogens is 1. The highest BCUT2D eigenvalue weighted by Crippen LogP contribution is 2.35. The molecule has 1 aliphatic rings. The molecule has 2 heterocycles. The molecule has 0 unspecified atom stereocenters. The van der Waals surface area contributed by atoms with Crippen LogP contribution in [0.25, 0.3) is 0 Å². The maximum absolute atomic E-state index is 13.0. The molecule has 1 fully saturated rings. The van der Waals surface area contributed by atoms with E-state index in [9.17, 15) is 18.0 Å². The topological polar surface area (TPSA) is 137 Å². The number of hydrogen-bond donors (Lipinski definition) is 3. The SMILES string of the molecule is N/C(=N\N(N)CC(=O)O)c1cc(N2CCN(c3cc(C(F)(F)F)ccc3Cl)CC2)no1. The lowest BCUT2D eigenvalue weighted by molar-refractivity contribution is -0.138. The molecule has 0 atom stereocenters. The van der Waals surface area contributed by atoms with E-state index in [4.69, 9.17) is 32.8 Å². The number of piperazine rings is 1. The molecule has 0 spiro atoms. The minimum atomic E-state index is -4.46. The zero-order chi connectivity index (χ0) is 22.8. The molecule has 2 aromatic rings. The van der Waals surface area contributed by atoms with Gasteiger partial charge in [0.2, 0.25) is 5.76 Å². The van der Waals surface area contributed by atoms with Gasteiger partial charge in [0, 0.05) is 32.2 Å². The summed E-state index contributed by atoms with van der Waals surface area (Å²) in [6, 6.07) is 4.74. The molecular weight excluding hydrogens is 443 g/mol. The number of hydrazine groups is 1. The first-order chi connectivity index (χ1) is 14.5. The van der Waals surface area contributed by atoms with Crippen LogP contribution in [0.4, 0.5) is 24.7 Å². The highest BCUT2D eigenvalue weighted by molar-refractivity contribution is 6.33. The minimum absolute atomic E-state index is 0.0965. The van der Waals surface area contributed by atoms with Crippen LogP contribution in [0.15, 0.2) is 33.9 Å². The van der Waals surface area contributed by atoms with Crippen LogP contribution in [0.5, 0.6) is 0 Å². The van der Waals surface area contributed by atoms with E-state index in [0.717, 1.165) is 12.1 Å². The molecule has 3 rings (SSSR count). The van der Waals surface area contributed by atoms with Crippen molar-refractivity contribution in [3.63, 3.8) is 0 Å². The van der Waals surface area contributed by atoms with Gasteiger partial charge >= 0.3 is 12.1 Å². The Labute approximate surface area is 179 Å². The molecule has 1 aliphatic heterocycles. The van der Waals surface area contributed by atoms with Crippen LogP contribution in [0.2, 0.25) is 5.02 Å². The van der Waals surface area contributed by atoms with E-state index >= 15 is 0 Å². The van der Waals surface area contributed by atoms with Gasteiger partial charge in [-0.05, 0) is 18.2 Å². The van der Waals surface area contributed by atoms with E-state index in [0.29, 0.717) is 42.8 Å². The van der Waals surface area contributed by atoms with E-state index < -0.39 is 24.3 Å². The van der Waals surface area contributed by atoms with Crippen molar-refractivity contribution in [1.82, 2.24) is 10.3 Å². The zero-order valence-corrected chi connectivity index (χ0v) is 16.8. The third-order valence-corrected chi connectivity index (χ3v) is 4.82. The van der Waals surface area contributed by atoms with Crippen molar-refractivity contribution in [3.8, 4) is 0 Å². The Hall–Kier alpha value is -3.19. The Kier molecular flexibility index (Phi) is 6.45. The van der Waals surface area contributed by atoms with Gasteiger partial charge in [-0.2, -0.15) is 13.2 Å². The van der Waals surface area contributed by atoms with Crippen molar-refractivity contribution >= 4 is 34.9 Å². The number of nitrogens with two attached hydrogens (primary N) is 2. The highest BCUT2D eigenvalue weighted by Gasteiger charge is 2.32. The normalized spacial score (nSPS) is 15.3. The minimum Gasteiger partial charge on any atom is -0.480 e. The summed E-state index contributed by atoms with van der Waals surface area (Å²) in [4.78, 5) is 14.2. The van der Waals surface area contributed by atoms with Crippen molar-refractivity contribution in [1.29, 1.82) is 0 Å². The van der Waals surface area contributed by atoms with Gasteiger partial charge in [-0.25, -0.2) is 11.0 Å². The lowest BCUT2D eigenvalue weighted by Crippen LogP contribution is -2.46. The number of anilines is 2. The van der Waals surface area contributed by atoms with Crippen LogP contribution < -0.4 is 21.4 Å². The van der Waals surface area contributed by atoms with E-state index in [1.807, 2.05) is 4.90 Å². The number of rotatable bonds is 6. The second-order valence-electron chi connectivity index (χ2n) is 6.66. The number of carbonyl (C=O) groups is 1. The fraction of sp³-hybridized carbons (Fsp3) is 0.353. The smallest absolute Gasteiger partial charge is 0.416 e. The summed E-state index contributed by atoms with van der Waals surface area (Å²) in [7, 11) is 0. The van der Waals surface area contributed by atoms with Gasteiger partial charge in [-0.3, -0.25) is 4.79 Å². The molecule has 168 valence electrons. The van der Waals surface area contributed by atoms with Gasteiger partial charge in [-0.1, -0.05) is 16.8 Å². The number of halogens is 4. The van der Waals surface area contributed by atoms with Crippen LogP contribution in [0.3, 0.4) is 0 Å². The number of amidine groups is 1. The molecule has 1 aromatic carbocycles. The Bertz CT molecular complexity index is 974. The zero-order valence-electron chi connectivity index (χ0n) is 16.0. The number of nitrogens with zero attached hydrogens (tertiary/aromatic N) is 5. The summed E-state index contributed by atoms with van der Waals surface area (Å²) in [6.07, 6.45) is -4.46. The fourth-order valence-corrected chi connectivity index (χ4v) is 3.24. The summed E-state index contributed by atoms with van der Waals surface area (Å²) < 4.78 is 44.2. The van der Waals surface area contributed by atoms with Crippen molar-refractivity contribution in [3.05, 3.63) is 40.6 Å². The second-order valence-corrected chi connectivity index (χ2v) is 7.07. The predicted molar refractivity (Wildman–Crippen MR) is 107 cm³/mol. The van der Waals surface area contributed by atoms with Crippen LogP contribution in [0.1, 0.15) is 11.3 Å². The summed E-state index contributed by atoms with van der Waals surface area (Å²) in [5, 5.41) is 17.2. The number of alkyl halides is 3. The molecule has 14 heteroatoms. The molecule has 31 heavy (non-hydrogen) atoms. The Morgan fingerprint density at radius 3 is 2.52 bits per heavy atom. The molecule has 1 saturated heterocycles. The van der Waals surface area contributed by atoms with E-state index in [-0.39, 0.29) is 16.6 Å². The number of carboxylic acid groups (broad SMARTS) is 1. The van der Waals surface area contributed by atoms with Gasteiger partial charge < -0.3 is 25.2 Å². The van der Waals surface area contributed by atoms with Crippen molar-refractivity contribution in [2.45, 2.75) is 6.18 Å². The molecule has 0 bridgehead atoms. The average Bonchev–Trinajstić information content (AvgIpc) is 3.17.